The van der Waals surface area contributed by atoms with E-state index in [1.165, 1.54) is 0 Å². The van der Waals surface area contributed by atoms with Crippen molar-refractivity contribution in [1.29, 1.82) is 0 Å². The maximum Gasteiger partial charge on any atom is 0.00745 e. The minimum absolute atomic E-state index is 0.713. The Kier molecular flexibility index (Phi) is 45.7. The molecule has 0 fully saturated rings. The molecule has 0 radical (unpaired) electrons. The minimum Gasteiger partial charge on any atom is -0.330 e. The minimum atomic E-state index is 0.713. The Morgan fingerprint density at radius 3 is 1.67 bits per heavy atom. The highest BCUT2D eigenvalue weighted by Crippen LogP contribution is 1.66. The average molecular weight is 177 g/mol. The summed E-state index contributed by atoms with van der Waals surface area (Å²) in [6.07, 6.45) is 1.04. The quantitative estimate of drug-likeness (QED) is 0.548. The van der Waals surface area contributed by atoms with E-state index >= 15 is 0 Å². The molecule has 0 aromatic carbocycles. The predicted molar refractivity (Wildman–Crippen MR) is 58.3 cm³/mol. The summed E-state index contributed by atoms with van der Waals surface area (Å²) >= 11 is 0. The molecule has 0 aliphatic carbocycles. The lowest BCUT2D eigenvalue weighted by Crippen LogP contribution is -2.24. The van der Waals surface area contributed by atoms with Gasteiger partial charge in [0.05, 0.1) is 0 Å². The van der Waals surface area contributed by atoms with Gasteiger partial charge in [-0.1, -0.05) is 27.7 Å². The molecule has 0 spiro atoms. The molecule has 3 nitrogen and oxygen atoms in total. The van der Waals surface area contributed by atoms with Crippen LogP contribution >= 0.6 is 0 Å². The molecule has 3 heteroatoms. The zero-order valence-corrected chi connectivity index (χ0v) is 9.19. The lowest BCUT2D eigenvalue weighted by Gasteiger charge is -1.98. The largest absolute Gasteiger partial charge is 0.330 e. The molecule has 0 bridgehead atoms. The second kappa shape index (κ2) is 30.7. The van der Waals surface area contributed by atoms with E-state index in [2.05, 4.69) is 5.32 Å². The molecule has 0 amide bonds. The lowest BCUT2D eigenvalue weighted by molar-refractivity contribution is 0.659. The van der Waals surface area contributed by atoms with Gasteiger partial charge in [-0.15, -0.1) is 0 Å². The first kappa shape index (κ1) is 17.8. The number of hydrogen-bond donors (Lipinski definition) is 3. The van der Waals surface area contributed by atoms with E-state index < -0.39 is 0 Å². The molecule has 0 heterocycles. The van der Waals surface area contributed by atoms with Crippen molar-refractivity contribution in [1.82, 2.24) is 5.32 Å². The fourth-order valence-corrected chi connectivity index (χ4v) is 0.454. The molecule has 0 unspecified atom stereocenters. The van der Waals surface area contributed by atoms with Crippen LogP contribution < -0.4 is 16.8 Å². The van der Waals surface area contributed by atoms with Crippen molar-refractivity contribution in [2.45, 2.75) is 34.1 Å². The Hall–Kier alpha value is -0.120. The van der Waals surface area contributed by atoms with E-state index in [-0.39, 0.29) is 0 Å². The van der Waals surface area contributed by atoms with Crippen LogP contribution in [0.25, 0.3) is 0 Å². The molecular weight excluding hydrogens is 150 g/mol. The van der Waals surface area contributed by atoms with Crippen molar-refractivity contribution in [2.24, 2.45) is 11.5 Å². The van der Waals surface area contributed by atoms with Crippen molar-refractivity contribution >= 4 is 0 Å². The first-order valence-electron chi connectivity index (χ1n) is 5.02. The van der Waals surface area contributed by atoms with Gasteiger partial charge in [-0.2, -0.15) is 0 Å². The van der Waals surface area contributed by atoms with Crippen LogP contribution in [0.3, 0.4) is 0 Å². The molecule has 0 aromatic heterocycles. The van der Waals surface area contributed by atoms with Gasteiger partial charge in [-0.25, -0.2) is 0 Å². The van der Waals surface area contributed by atoms with E-state index in [1.807, 2.05) is 27.7 Å². The van der Waals surface area contributed by atoms with Crippen LogP contribution in [0.1, 0.15) is 34.1 Å². The van der Waals surface area contributed by atoms with Crippen LogP contribution in [-0.2, 0) is 0 Å². The van der Waals surface area contributed by atoms with Gasteiger partial charge in [0.25, 0.3) is 0 Å². The van der Waals surface area contributed by atoms with Crippen molar-refractivity contribution in [3.8, 4) is 0 Å². The summed E-state index contributed by atoms with van der Waals surface area (Å²) in [6.45, 7) is 11.4. The summed E-state index contributed by atoms with van der Waals surface area (Å²) in [7, 11) is 0. The fourth-order valence-electron chi connectivity index (χ4n) is 0.454. The Morgan fingerprint density at radius 1 is 0.833 bits per heavy atom. The predicted octanol–water partition coefficient (Wildman–Crippen LogP) is 0.936. The van der Waals surface area contributed by atoms with Gasteiger partial charge in [0.1, 0.15) is 0 Å². The second-order valence-corrected chi connectivity index (χ2v) is 1.68. The van der Waals surface area contributed by atoms with Gasteiger partial charge in [0.15, 0.2) is 0 Å². The zero-order valence-electron chi connectivity index (χ0n) is 9.19. The summed E-state index contributed by atoms with van der Waals surface area (Å²) in [6, 6.07) is 0. The van der Waals surface area contributed by atoms with Crippen LogP contribution in [0.4, 0.5) is 0 Å². The van der Waals surface area contributed by atoms with Crippen molar-refractivity contribution < 1.29 is 0 Å². The van der Waals surface area contributed by atoms with Crippen molar-refractivity contribution in [3.05, 3.63) is 0 Å². The smallest absolute Gasteiger partial charge is 0.00745 e. The number of hydrogen-bond acceptors (Lipinski definition) is 3. The summed E-state index contributed by atoms with van der Waals surface area (Å²) in [4.78, 5) is 0. The molecule has 0 saturated carbocycles. The SMILES string of the molecule is CC.CC.NCCCNCCN. The van der Waals surface area contributed by atoms with Crippen LogP contribution in [0.15, 0.2) is 0 Å². The first-order chi connectivity index (χ1) is 5.91. The number of rotatable bonds is 5. The summed E-state index contributed by atoms with van der Waals surface area (Å²) in [5.74, 6) is 0. The van der Waals surface area contributed by atoms with Gasteiger partial charge < -0.3 is 16.8 Å². The van der Waals surface area contributed by atoms with E-state index in [4.69, 9.17) is 11.5 Å². The molecular formula is C9H27N3. The molecule has 0 aliphatic heterocycles. The summed E-state index contributed by atoms with van der Waals surface area (Å²) < 4.78 is 0. The highest BCUT2D eigenvalue weighted by molar-refractivity contribution is 4.46. The molecule has 12 heavy (non-hydrogen) atoms. The van der Waals surface area contributed by atoms with Crippen molar-refractivity contribution in [3.63, 3.8) is 0 Å². The Bertz CT molecular complexity index is 34.8. The molecule has 0 saturated heterocycles. The van der Waals surface area contributed by atoms with Crippen LogP contribution in [0, 0.1) is 0 Å². The average Bonchev–Trinajstić information content (AvgIpc) is 2.19. The van der Waals surface area contributed by atoms with Crippen LogP contribution in [0.5, 0.6) is 0 Å². The molecule has 0 aliphatic rings. The highest BCUT2D eigenvalue weighted by Gasteiger charge is 1.80. The summed E-state index contributed by atoms with van der Waals surface area (Å²) in [5.41, 5.74) is 10.5. The third-order valence-electron chi connectivity index (χ3n) is 0.879. The Balaban J connectivity index is -0.000000175. The van der Waals surface area contributed by atoms with Crippen LogP contribution in [-0.4, -0.2) is 26.2 Å². The topological polar surface area (TPSA) is 64.1 Å². The maximum atomic E-state index is 5.24. The van der Waals surface area contributed by atoms with E-state index in [9.17, 15) is 0 Å². The lowest BCUT2D eigenvalue weighted by atomic mass is 10.4. The van der Waals surface area contributed by atoms with Gasteiger partial charge in [0.2, 0.25) is 0 Å². The second-order valence-electron chi connectivity index (χ2n) is 1.68. The highest BCUT2D eigenvalue weighted by atomic mass is 14.9. The third-order valence-corrected chi connectivity index (χ3v) is 0.879. The normalized spacial score (nSPS) is 7.50. The van der Waals surface area contributed by atoms with Gasteiger partial charge >= 0.3 is 0 Å². The molecule has 5 N–H and O–H groups in total. The summed E-state index contributed by atoms with van der Waals surface area (Å²) in [5, 5.41) is 3.13. The maximum absolute atomic E-state index is 5.24. The third kappa shape index (κ3) is 32.7. The van der Waals surface area contributed by atoms with E-state index in [0.717, 1.165) is 26.1 Å². The molecule has 78 valence electrons. The Morgan fingerprint density at radius 2 is 1.33 bits per heavy atom. The van der Waals surface area contributed by atoms with Crippen molar-refractivity contribution in [2.75, 3.05) is 26.2 Å². The fraction of sp³-hybridized carbons (Fsp3) is 1.00. The molecule has 0 atom stereocenters. The first-order valence-corrected chi connectivity index (χ1v) is 5.02. The monoisotopic (exact) mass is 177 g/mol. The van der Waals surface area contributed by atoms with Crippen LogP contribution in [0.2, 0.25) is 0 Å². The van der Waals surface area contributed by atoms with E-state index in [1.54, 1.807) is 0 Å². The Labute approximate surface area is 77.9 Å². The van der Waals surface area contributed by atoms with E-state index in [0.29, 0.717) is 6.54 Å². The number of nitrogens with two attached hydrogens (primary N) is 2. The molecule has 0 aromatic rings. The standard InChI is InChI=1S/C5H15N3.2C2H6/c6-2-1-4-8-5-3-7;2*1-2/h8H,1-7H2;2*1-2H3. The van der Waals surface area contributed by atoms with Gasteiger partial charge in [-0.3, -0.25) is 0 Å². The zero-order chi connectivity index (χ0) is 10.2. The number of nitrogens with one attached hydrogen (secondary N) is 1. The van der Waals surface area contributed by atoms with Gasteiger partial charge in [0, 0.05) is 13.1 Å². The molecule has 0 rings (SSSR count). The van der Waals surface area contributed by atoms with Gasteiger partial charge in [-0.05, 0) is 19.5 Å².